The monoisotopic (exact) mass is 953 g/mol. The van der Waals surface area contributed by atoms with Crippen molar-refractivity contribution in [1.29, 1.82) is 0 Å². The highest BCUT2D eigenvalue weighted by Crippen LogP contribution is 2.64. The van der Waals surface area contributed by atoms with Crippen LogP contribution in [0.15, 0.2) is 70.7 Å². The van der Waals surface area contributed by atoms with Crippen LogP contribution in [0.5, 0.6) is 0 Å². The number of unbranched alkanes of at least 4 members (excludes halogenated alkanes) is 4. The van der Waals surface area contributed by atoms with E-state index < -0.39 is 49.0 Å². The zero-order chi connectivity index (χ0) is 47.9. The summed E-state index contributed by atoms with van der Waals surface area (Å²) >= 11 is 0. The number of benzene rings is 1. The van der Waals surface area contributed by atoms with Crippen LogP contribution < -0.4 is 0 Å². The molecule has 7 nitrogen and oxygen atoms in total. The van der Waals surface area contributed by atoms with Crippen LogP contribution in [-0.4, -0.2) is 72.7 Å². The van der Waals surface area contributed by atoms with Crippen LogP contribution in [0.1, 0.15) is 165 Å². The van der Waals surface area contributed by atoms with Crippen molar-refractivity contribution in [1.82, 2.24) is 0 Å². The van der Waals surface area contributed by atoms with Gasteiger partial charge < -0.3 is 23.4 Å². The van der Waals surface area contributed by atoms with Gasteiger partial charge in [0.05, 0.1) is 41.7 Å². The van der Waals surface area contributed by atoms with E-state index in [1.165, 1.54) is 30.4 Å². The van der Waals surface area contributed by atoms with Crippen molar-refractivity contribution < 1.29 is 31.9 Å². The number of ether oxygens (including phenoxy) is 2. The van der Waals surface area contributed by atoms with Gasteiger partial charge in [0.15, 0.2) is 32.3 Å². The molecule has 10 heteroatoms. The van der Waals surface area contributed by atoms with E-state index in [-0.39, 0.29) is 39.5 Å². The Bertz CT molecular complexity index is 1950. The Labute approximate surface area is 399 Å². The molecule has 2 unspecified atom stereocenters. The van der Waals surface area contributed by atoms with Gasteiger partial charge >= 0.3 is 0 Å². The van der Waals surface area contributed by atoms with Crippen molar-refractivity contribution in [3.63, 3.8) is 0 Å². The Balaban J connectivity index is 1.27. The smallest absolute Gasteiger partial charge is 0.192 e. The zero-order valence-electron chi connectivity index (χ0n) is 43.3. The highest BCUT2D eigenvalue weighted by atomic mass is 32.2. The van der Waals surface area contributed by atoms with Crippen molar-refractivity contribution in [3.05, 3.63) is 65.8 Å². The van der Waals surface area contributed by atoms with Crippen LogP contribution in [0.25, 0.3) is 0 Å². The molecule has 1 aromatic carbocycles. The molecule has 5 fully saturated rings. The fourth-order valence-corrected chi connectivity index (χ4v) is 16.8. The fraction of sp³-hybridized carbons (Fsp3) is 0.782. The van der Waals surface area contributed by atoms with E-state index in [0.717, 1.165) is 82.6 Å². The molecule has 1 saturated heterocycles. The van der Waals surface area contributed by atoms with Crippen molar-refractivity contribution in [2.45, 2.75) is 236 Å². The average Bonchev–Trinajstić information content (AvgIpc) is 3.71. The summed E-state index contributed by atoms with van der Waals surface area (Å²) in [5.74, 6) is -0.440. The fourth-order valence-electron chi connectivity index (χ4n) is 12.1. The van der Waals surface area contributed by atoms with E-state index in [9.17, 15) is 13.5 Å². The minimum Gasteiger partial charge on any atom is -0.413 e. The number of aliphatic hydroxyl groups is 1. The van der Waals surface area contributed by atoms with Gasteiger partial charge in [0.25, 0.3) is 0 Å². The summed E-state index contributed by atoms with van der Waals surface area (Å²) in [5, 5.41) is 12.0. The van der Waals surface area contributed by atoms with Gasteiger partial charge in [0, 0.05) is 18.3 Å². The maximum absolute atomic E-state index is 14.9. The molecule has 5 aliphatic rings. The van der Waals surface area contributed by atoms with E-state index in [4.69, 9.17) is 24.9 Å². The third-order valence-electron chi connectivity index (χ3n) is 18.4. The first-order valence-corrected chi connectivity index (χ1v) is 33.3. The lowest BCUT2D eigenvalue weighted by atomic mass is 9.60. The number of sulfone groups is 1. The number of hydrogen-bond donors (Lipinski definition) is 1. The highest BCUT2D eigenvalue weighted by molar-refractivity contribution is 7.92. The lowest BCUT2D eigenvalue weighted by molar-refractivity contribution is -0.214. The lowest BCUT2D eigenvalue weighted by Gasteiger charge is -2.46. The van der Waals surface area contributed by atoms with Gasteiger partial charge in [-0.1, -0.05) is 131 Å². The van der Waals surface area contributed by atoms with Gasteiger partial charge in [0.1, 0.15) is 0 Å². The summed E-state index contributed by atoms with van der Waals surface area (Å²) in [6, 6.07) is 8.87. The van der Waals surface area contributed by atoms with Gasteiger partial charge in [0.2, 0.25) is 0 Å². The Morgan fingerprint density at radius 3 is 2.11 bits per heavy atom. The summed E-state index contributed by atoms with van der Waals surface area (Å²) in [6.45, 7) is 35.9. The maximum Gasteiger partial charge on any atom is 0.192 e. The van der Waals surface area contributed by atoms with Crippen LogP contribution in [0.2, 0.25) is 36.3 Å². The average molecular weight is 954 g/mol. The Kier molecular flexibility index (Phi) is 16.4. The van der Waals surface area contributed by atoms with Gasteiger partial charge in [-0.25, -0.2) is 8.42 Å². The molecular formula is C55H92O7SSi2. The Hall–Kier alpha value is -1.38. The normalized spacial score (nSPS) is 30.1. The van der Waals surface area contributed by atoms with E-state index in [0.29, 0.717) is 30.4 Å². The van der Waals surface area contributed by atoms with E-state index in [2.05, 4.69) is 101 Å². The van der Waals surface area contributed by atoms with Crippen molar-refractivity contribution >= 4 is 26.5 Å². The quantitative estimate of drug-likeness (QED) is 0.109. The first-order chi connectivity index (χ1) is 30.2. The predicted molar refractivity (Wildman–Crippen MR) is 274 cm³/mol. The number of rotatable bonds is 19. The molecule has 0 radical (unpaired) electrons. The van der Waals surface area contributed by atoms with Crippen molar-refractivity contribution in [2.75, 3.05) is 13.2 Å². The molecule has 0 spiro atoms. The predicted octanol–water partition coefficient (Wildman–Crippen LogP) is 14.3. The second kappa shape index (κ2) is 20.2. The number of fused-ring (bicyclic) bond motifs is 1. The standard InChI is InChI=1S/C55H92O7SSi2/c1-15-16-17-18-22-32-55(59-35-36-60-55)54(33-34-54)39-49(63(57,58)45-25-20-19-21-26-45)50(56)41(3)46-29-30-47-42(24-23-31-53(46,47)10)27-28-43-37-44(61-64(11,12)51(4,5)6)38-48(40(43)2)62-65(13,14)52(7,8)9/h19-21,25-28,41,44,46-50,56H,2,15-18,22-24,29-39H2,1,3-14H3/b42-27+,43-28-/t41-,44+,46+,47-,48-,49?,50?,53+/m0/s1. The summed E-state index contributed by atoms with van der Waals surface area (Å²) < 4.78 is 57.3. The SMILES string of the molecule is C=C1/C(=C\C=C2/CCC[C@]3(C)[C@@H]([C@H](C)C(O)C(CC4(C5(CCCCCCC)OCCO5)CC4)S(=O)(=O)c4ccccc4)CC[C@@H]23)C[C@@H](O[Si](C)(C)C(C)(C)C)C[C@@H]1O[Si](C)(C)C(C)(C)C. The van der Waals surface area contributed by atoms with E-state index in [1.807, 2.05) is 6.07 Å². The third kappa shape index (κ3) is 11.2. The summed E-state index contributed by atoms with van der Waals surface area (Å²) in [5.41, 5.74) is 3.36. The molecule has 4 saturated carbocycles. The molecule has 65 heavy (non-hydrogen) atoms. The van der Waals surface area contributed by atoms with E-state index >= 15 is 0 Å². The van der Waals surface area contributed by atoms with Gasteiger partial charge in [-0.15, -0.1) is 0 Å². The molecule has 1 N–H and O–H groups in total. The van der Waals surface area contributed by atoms with Crippen LogP contribution in [0, 0.1) is 28.6 Å². The molecule has 6 rings (SSSR count). The first kappa shape index (κ1) is 53.0. The minimum atomic E-state index is -3.90. The van der Waals surface area contributed by atoms with Gasteiger partial charge in [-0.05, 0) is 147 Å². The number of aliphatic hydroxyl groups excluding tert-OH is 1. The third-order valence-corrected chi connectivity index (χ3v) is 29.6. The molecule has 1 aromatic rings. The molecule has 368 valence electrons. The second-order valence-electron chi connectivity index (χ2n) is 24.7. The summed E-state index contributed by atoms with van der Waals surface area (Å²) in [4.78, 5) is 0.290. The summed E-state index contributed by atoms with van der Waals surface area (Å²) in [6.07, 6.45) is 19.2. The zero-order valence-corrected chi connectivity index (χ0v) is 46.1. The molecule has 0 aromatic heterocycles. The first-order valence-electron chi connectivity index (χ1n) is 25.9. The van der Waals surface area contributed by atoms with Crippen LogP contribution in [-0.2, 0) is 28.2 Å². The molecule has 4 aliphatic carbocycles. The lowest BCUT2D eigenvalue weighted by Crippen LogP contribution is -2.49. The second-order valence-corrected chi connectivity index (χ2v) is 36.4. The van der Waals surface area contributed by atoms with Crippen molar-refractivity contribution in [3.8, 4) is 0 Å². The number of allylic oxidation sites excluding steroid dienone is 3. The minimum absolute atomic E-state index is 0.0514. The topological polar surface area (TPSA) is 91.3 Å². The number of hydrogen-bond acceptors (Lipinski definition) is 7. The maximum atomic E-state index is 14.9. The molecule has 0 amide bonds. The summed E-state index contributed by atoms with van der Waals surface area (Å²) in [7, 11) is -8.02. The van der Waals surface area contributed by atoms with Crippen LogP contribution in [0.3, 0.4) is 0 Å². The molecule has 8 atom stereocenters. The largest absolute Gasteiger partial charge is 0.413 e. The van der Waals surface area contributed by atoms with Crippen LogP contribution >= 0.6 is 0 Å². The van der Waals surface area contributed by atoms with Gasteiger partial charge in [-0.2, -0.15) is 0 Å². The highest BCUT2D eigenvalue weighted by Gasteiger charge is 2.65. The molecule has 1 heterocycles. The van der Waals surface area contributed by atoms with Crippen LogP contribution in [0.4, 0.5) is 0 Å². The molecular weight excluding hydrogens is 861 g/mol. The Morgan fingerprint density at radius 2 is 1.51 bits per heavy atom. The van der Waals surface area contributed by atoms with E-state index in [1.54, 1.807) is 24.3 Å². The van der Waals surface area contributed by atoms with Crippen molar-refractivity contribution in [2.24, 2.45) is 28.6 Å². The molecule has 0 bridgehead atoms. The molecule has 1 aliphatic heterocycles. The Morgan fingerprint density at radius 1 is 0.892 bits per heavy atom. The van der Waals surface area contributed by atoms with Gasteiger partial charge in [-0.3, -0.25) is 0 Å².